The molecule has 0 unspecified atom stereocenters. The van der Waals surface area contributed by atoms with Crippen LogP contribution < -0.4 is 0 Å². The highest BCUT2D eigenvalue weighted by molar-refractivity contribution is 6.53. The van der Waals surface area contributed by atoms with Crippen LogP contribution in [0.1, 0.15) is 0 Å². The molecule has 0 aliphatic heterocycles. The summed E-state index contributed by atoms with van der Waals surface area (Å²) in [6, 6.07) is 55.6. The van der Waals surface area contributed by atoms with E-state index in [0.29, 0.717) is 0 Å². The first-order valence-corrected chi connectivity index (χ1v) is 17.0. The van der Waals surface area contributed by atoms with Gasteiger partial charge in [-0.25, -0.2) is 0 Å². The lowest BCUT2D eigenvalue weighted by Crippen LogP contribution is -1.95. The van der Waals surface area contributed by atoms with Gasteiger partial charge in [0.05, 0.1) is 0 Å². The maximum Gasteiger partial charge on any atom is -0.000718 e. The summed E-state index contributed by atoms with van der Waals surface area (Å²) in [5.74, 6) is 0. The van der Waals surface area contributed by atoms with Gasteiger partial charge in [0, 0.05) is 0 Å². The van der Waals surface area contributed by atoms with Gasteiger partial charge in [-0.3, -0.25) is 0 Å². The van der Waals surface area contributed by atoms with Gasteiger partial charge in [-0.15, -0.1) is 0 Å². The Balaban J connectivity index is 1.59. The van der Waals surface area contributed by atoms with E-state index in [0.717, 1.165) is 0 Å². The number of hydrogen-bond acceptors (Lipinski definition) is 0. The van der Waals surface area contributed by atoms with E-state index in [9.17, 15) is 0 Å². The minimum Gasteiger partial charge on any atom is -0.0616 e. The molecule has 0 nitrogen and oxygen atoms in total. The van der Waals surface area contributed by atoms with Crippen molar-refractivity contribution in [3.63, 3.8) is 0 Å². The Morgan fingerprint density at radius 3 is 0.375 bits per heavy atom. The quantitative estimate of drug-likeness (QED) is 0.152. The molecule has 13 aromatic rings. The molecule has 216 valence electrons. The summed E-state index contributed by atoms with van der Waals surface area (Å²) in [5, 5.41) is 32.4. The largest absolute Gasteiger partial charge is 0.0616 e. The van der Waals surface area contributed by atoms with E-state index in [1.54, 1.807) is 0 Å². The number of fused-ring (bicyclic) bond motifs is 12. The van der Waals surface area contributed by atoms with Gasteiger partial charge in [-0.05, 0) is 129 Å². The van der Waals surface area contributed by atoms with Crippen LogP contribution in [0.2, 0.25) is 0 Å². The average molecular weight is 601 g/mol. The van der Waals surface area contributed by atoms with Crippen LogP contribution in [-0.4, -0.2) is 0 Å². The molecule has 0 amide bonds. The molecule has 13 aromatic carbocycles. The van der Waals surface area contributed by atoms with Gasteiger partial charge in [-0.2, -0.15) is 0 Å². The molecule has 0 N–H and O–H groups in total. The fourth-order valence-corrected chi connectivity index (χ4v) is 10.1. The lowest BCUT2D eigenvalue weighted by atomic mass is 9.78. The topological polar surface area (TPSA) is 0 Å². The van der Waals surface area contributed by atoms with Crippen molar-refractivity contribution < 1.29 is 0 Å². The zero-order chi connectivity index (χ0) is 30.8. The Hall–Kier alpha value is -6.24. The fourth-order valence-electron chi connectivity index (χ4n) is 10.1. The predicted molar refractivity (Wildman–Crippen MR) is 210 cm³/mol. The van der Waals surface area contributed by atoms with E-state index in [-0.39, 0.29) is 0 Å². The maximum absolute atomic E-state index is 2.42. The van der Waals surface area contributed by atoms with Gasteiger partial charge < -0.3 is 0 Å². The zero-order valence-corrected chi connectivity index (χ0v) is 25.9. The molecule has 0 saturated heterocycles. The minimum absolute atomic E-state index is 1.32. The lowest BCUT2D eigenvalue weighted by Gasteiger charge is -2.24. The third-order valence-electron chi connectivity index (χ3n) is 11.9. The van der Waals surface area contributed by atoms with Crippen LogP contribution in [0.4, 0.5) is 0 Å². The second kappa shape index (κ2) is 8.00. The van der Waals surface area contributed by atoms with Gasteiger partial charge in [0.1, 0.15) is 0 Å². The minimum atomic E-state index is 1.32. The molecule has 13 rings (SSSR count). The van der Waals surface area contributed by atoms with E-state index in [2.05, 4.69) is 146 Å². The highest BCUT2D eigenvalue weighted by atomic mass is 14.3. The molecular formula is C48H24. The summed E-state index contributed by atoms with van der Waals surface area (Å²) in [6.07, 6.45) is 0. The zero-order valence-electron chi connectivity index (χ0n) is 25.9. The van der Waals surface area contributed by atoms with Gasteiger partial charge in [-0.1, -0.05) is 146 Å². The van der Waals surface area contributed by atoms with Crippen LogP contribution >= 0.6 is 0 Å². The molecule has 0 aliphatic rings. The third kappa shape index (κ3) is 2.53. The molecule has 0 radical (unpaired) electrons. The smallest absolute Gasteiger partial charge is 0.000718 e. The monoisotopic (exact) mass is 600 g/mol. The molecule has 0 bridgehead atoms. The first kappa shape index (κ1) is 24.0. The summed E-state index contributed by atoms with van der Waals surface area (Å²) in [6.45, 7) is 0. The Morgan fingerprint density at radius 1 is 0.125 bits per heavy atom. The van der Waals surface area contributed by atoms with E-state index in [1.807, 2.05) is 0 Å². The van der Waals surface area contributed by atoms with E-state index in [4.69, 9.17) is 0 Å². The molecule has 0 aliphatic carbocycles. The highest BCUT2D eigenvalue weighted by Crippen LogP contribution is 2.54. The fraction of sp³-hybridized carbons (Fsp3) is 0. The molecule has 0 heteroatoms. The SMILES string of the molecule is c1ccc2c(c1)c1ccc3c4ccccc4c4ccc5c6ccccc6c6ccc7c8ccccc8c8ccc2c2c1c3c4c5c6c7c82. The Morgan fingerprint density at radius 2 is 0.250 bits per heavy atom. The Bertz CT molecular complexity index is 2800. The van der Waals surface area contributed by atoms with Crippen LogP contribution in [0.5, 0.6) is 0 Å². The van der Waals surface area contributed by atoms with E-state index < -0.39 is 0 Å². The normalized spacial score (nSPS) is 13.0. The van der Waals surface area contributed by atoms with Crippen molar-refractivity contribution in [1.82, 2.24) is 0 Å². The predicted octanol–water partition coefficient (Wildman–Crippen LogP) is 13.8. The molecule has 48 heavy (non-hydrogen) atoms. The van der Waals surface area contributed by atoms with Gasteiger partial charge in [0.2, 0.25) is 0 Å². The van der Waals surface area contributed by atoms with Crippen molar-refractivity contribution in [1.29, 1.82) is 0 Å². The van der Waals surface area contributed by atoms with Gasteiger partial charge >= 0.3 is 0 Å². The van der Waals surface area contributed by atoms with Crippen LogP contribution in [0, 0.1) is 0 Å². The maximum atomic E-state index is 2.42. The van der Waals surface area contributed by atoms with E-state index >= 15 is 0 Å². The van der Waals surface area contributed by atoms with Crippen molar-refractivity contribution in [2.45, 2.75) is 0 Å². The molecule has 0 atom stereocenters. The van der Waals surface area contributed by atoms with Gasteiger partial charge in [0.25, 0.3) is 0 Å². The highest BCUT2D eigenvalue weighted by Gasteiger charge is 2.25. The van der Waals surface area contributed by atoms with Crippen LogP contribution in [-0.2, 0) is 0 Å². The number of rotatable bonds is 0. The first-order valence-electron chi connectivity index (χ1n) is 17.0. The standard InChI is InChI=1S/C48H24/c1-2-10-26-25(9-1)33-17-18-35-27-11-3-4-12-28(27)37-21-22-39-31-15-7-8-16-32(31)40-24-23-38-30-14-6-5-13-29(30)36-20-19-34(26)42-41(33)43(35)45(37)47(39)48(40)46(38)44(36)42/h1-24H. The summed E-state index contributed by atoms with van der Waals surface area (Å²) in [7, 11) is 0. The Labute approximate surface area is 274 Å². The average Bonchev–Trinajstić information content (AvgIpc) is 3.16. The van der Waals surface area contributed by atoms with Crippen LogP contribution in [0.15, 0.2) is 146 Å². The first-order chi connectivity index (χ1) is 23.9. The molecular weight excluding hydrogens is 577 g/mol. The molecule has 0 spiro atoms. The summed E-state index contributed by atoms with van der Waals surface area (Å²) < 4.78 is 0. The Kier molecular flexibility index (Phi) is 4.00. The van der Waals surface area contributed by atoms with Crippen LogP contribution in [0.3, 0.4) is 0 Å². The second-order valence-corrected chi connectivity index (χ2v) is 13.8. The van der Waals surface area contributed by atoms with Crippen LogP contribution in [0.25, 0.3) is 129 Å². The second-order valence-electron chi connectivity index (χ2n) is 13.8. The molecule has 0 fully saturated rings. The number of benzene rings is 12. The summed E-state index contributed by atoms with van der Waals surface area (Å²) >= 11 is 0. The lowest BCUT2D eigenvalue weighted by molar-refractivity contribution is 1.79. The molecule has 0 heterocycles. The van der Waals surface area contributed by atoms with Crippen molar-refractivity contribution in [2.24, 2.45) is 0 Å². The van der Waals surface area contributed by atoms with Crippen molar-refractivity contribution in [3.05, 3.63) is 146 Å². The van der Waals surface area contributed by atoms with Crippen molar-refractivity contribution in [2.75, 3.05) is 0 Å². The third-order valence-corrected chi connectivity index (χ3v) is 11.9. The van der Waals surface area contributed by atoms with Crippen molar-refractivity contribution in [3.8, 4) is 0 Å². The number of hydrogen-bond donors (Lipinski definition) is 0. The van der Waals surface area contributed by atoms with Crippen molar-refractivity contribution >= 4 is 129 Å². The molecule has 0 aromatic heterocycles. The molecule has 0 saturated carbocycles. The summed E-state index contributed by atoms with van der Waals surface area (Å²) in [5.41, 5.74) is 0. The summed E-state index contributed by atoms with van der Waals surface area (Å²) in [4.78, 5) is 0. The van der Waals surface area contributed by atoms with Gasteiger partial charge in [0.15, 0.2) is 0 Å². The van der Waals surface area contributed by atoms with E-state index in [1.165, 1.54) is 129 Å².